The highest BCUT2D eigenvalue weighted by atomic mass is 19.3. The minimum atomic E-state index is -2.88. The van der Waals surface area contributed by atoms with Gasteiger partial charge in [-0.05, 0) is 6.92 Å². The van der Waals surface area contributed by atoms with Crippen LogP contribution in [0.4, 0.5) is 8.78 Å². The van der Waals surface area contributed by atoms with Gasteiger partial charge in [-0.2, -0.15) is 0 Å². The molecule has 1 heterocycles. The van der Waals surface area contributed by atoms with Crippen molar-refractivity contribution in [3.05, 3.63) is 27.7 Å². The van der Waals surface area contributed by atoms with Crippen molar-refractivity contribution in [3.63, 3.8) is 0 Å². The van der Waals surface area contributed by atoms with Crippen molar-refractivity contribution in [1.82, 2.24) is 4.98 Å². The van der Waals surface area contributed by atoms with E-state index in [0.29, 0.717) is 6.07 Å². The molecule has 94 valence electrons. The Morgan fingerprint density at radius 2 is 2.24 bits per heavy atom. The van der Waals surface area contributed by atoms with Crippen molar-refractivity contribution < 1.29 is 23.4 Å². The summed E-state index contributed by atoms with van der Waals surface area (Å²) >= 11 is 0. The van der Waals surface area contributed by atoms with E-state index in [-0.39, 0.29) is 12.3 Å². The number of hydrogen-bond donors (Lipinski definition) is 2. The average molecular weight is 247 g/mol. The van der Waals surface area contributed by atoms with Crippen LogP contribution in [0.3, 0.4) is 0 Å². The molecule has 0 unspecified atom stereocenters. The molecule has 0 radical (unpaired) electrons. The van der Waals surface area contributed by atoms with Crippen LogP contribution in [0.25, 0.3) is 0 Å². The summed E-state index contributed by atoms with van der Waals surface area (Å²) in [6.45, 7) is 1.70. The minimum absolute atomic E-state index is 0.123. The van der Waals surface area contributed by atoms with Crippen LogP contribution in [0.5, 0.6) is 5.75 Å². The largest absolute Gasteiger partial charge is 0.503 e. The molecule has 2 N–H and O–H groups in total. The Balaban J connectivity index is 3.06. The summed E-state index contributed by atoms with van der Waals surface area (Å²) in [4.78, 5) is 24.4. The monoisotopic (exact) mass is 247 g/mol. The normalized spacial score (nSPS) is 10.6. The number of H-pyrrole nitrogens is 1. The van der Waals surface area contributed by atoms with Crippen molar-refractivity contribution in [2.24, 2.45) is 0 Å². The maximum atomic E-state index is 12.4. The van der Waals surface area contributed by atoms with E-state index in [1.54, 1.807) is 6.92 Å². The van der Waals surface area contributed by atoms with Gasteiger partial charge in [-0.1, -0.05) is 0 Å². The molecule has 0 aliphatic carbocycles. The SMILES string of the molecule is CCOC(=O)Cc1[nH]c(C(F)F)cc(=O)c1O. The second kappa shape index (κ2) is 5.42. The molecule has 7 heteroatoms. The van der Waals surface area contributed by atoms with Gasteiger partial charge in [0.25, 0.3) is 6.43 Å². The Morgan fingerprint density at radius 3 is 2.76 bits per heavy atom. The maximum absolute atomic E-state index is 12.4. The number of pyridine rings is 1. The number of carbonyl (C=O) groups is 1. The van der Waals surface area contributed by atoms with Crippen LogP contribution in [-0.2, 0) is 16.0 Å². The van der Waals surface area contributed by atoms with Crippen molar-refractivity contribution in [2.45, 2.75) is 19.8 Å². The number of aromatic amines is 1. The van der Waals surface area contributed by atoms with Gasteiger partial charge < -0.3 is 14.8 Å². The summed E-state index contributed by atoms with van der Waals surface area (Å²) in [5, 5.41) is 9.32. The van der Waals surface area contributed by atoms with E-state index in [1.807, 2.05) is 0 Å². The Hall–Kier alpha value is -1.92. The van der Waals surface area contributed by atoms with Gasteiger partial charge in [-0.3, -0.25) is 9.59 Å². The van der Waals surface area contributed by atoms with Crippen LogP contribution >= 0.6 is 0 Å². The third-order valence-electron chi connectivity index (χ3n) is 1.96. The Labute approximate surface area is 95.0 Å². The quantitative estimate of drug-likeness (QED) is 0.781. The lowest BCUT2D eigenvalue weighted by atomic mass is 10.2. The van der Waals surface area contributed by atoms with E-state index in [9.17, 15) is 23.5 Å². The summed E-state index contributed by atoms with van der Waals surface area (Å²) in [6, 6.07) is 0.592. The third-order valence-corrected chi connectivity index (χ3v) is 1.96. The van der Waals surface area contributed by atoms with E-state index in [4.69, 9.17) is 0 Å². The lowest BCUT2D eigenvalue weighted by Crippen LogP contribution is -2.14. The van der Waals surface area contributed by atoms with Gasteiger partial charge >= 0.3 is 5.97 Å². The van der Waals surface area contributed by atoms with E-state index >= 15 is 0 Å². The fourth-order valence-corrected chi connectivity index (χ4v) is 1.23. The number of alkyl halides is 2. The van der Waals surface area contributed by atoms with Crippen molar-refractivity contribution >= 4 is 5.97 Å². The second-order valence-corrected chi connectivity index (χ2v) is 3.20. The van der Waals surface area contributed by atoms with Gasteiger partial charge in [0.15, 0.2) is 5.75 Å². The molecule has 5 nitrogen and oxygen atoms in total. The fourth-order valence-electron chi connectivity index (χ4n) is 1.23. The molecule has 0 aromatic carbocycles. The molecule has 1 aromatic heterocycles. The molecule has 1 aromatic rings. The zero-order chi connectivity index (χ0) is 13.0. The van der Waals surface area contributed by atoms with Crippen molar-refractivity contribution in [1.29, 1.82) is 0 Å². The Bertz CT molecular complexity index is 470. The van der Waals surface area contributed by atoms with Crippen LogP contribution in [0.1, 0.15) is 24.7 Å². The first-order valence-electron chi connectivity index (χ1n) is 4.84. The lowest BCUT2D eigenvalue weighted by molar-refractivity contribution is -0.142. The van der Waals surface area contributed by atoms with E-state index < -0.39 is 35.7 Å². The lowest BCUT2D eigenvalue weighted by Gasteiger charge is -2.07. The zero-order valence-electron chi connectivity index (χ0n) is 9.00. The van der Waals surface area contributed by atoms with E-state index in [1.165, 1.54) is 0 Å². The Kier molecular flexibility index (Phi) is 4.19. The van der Waals surface area contributed by atoms with Gasteiger partial charge in [-0.15, -0.1) is 0 Å². The number of halogens is 2. The van der Waals surface area contributed by atoms with Crippen LogP contribution in [0, 0.1) is 0 Å². The number of ether oxygens (including phenoxy) is 1. The summed E-state index contributed by atoms with van der Waals surface area (Å²) in [5.41, 5.74) is -1.88. The van der Waals surface area contributed by atoms with Crippen LogP contribution in [0.2, 0.25) is 0 Å². The van der Waals surface area contributed by atoms with Crippen LogP contribution < -0.4 is 5.43 Å². The highest BCUT2D eigenvalue weighted by molar-refractivity contribution is 5.72. The van der Waals surface area contributed by atoms with E-state index in [0.717, 1.165) is 0 Å². The highest BCUT2D eigenvalue weighted by Crippen LogP contribution is 2.18. The molecular weight excluding hydrogens is 236 g/mol. The summed E-state index contributed by atoms with van der Waals surface area (Å²) < 4.78 is 29.3. The minimum Gasteiger partial charge on any atom is -0.503 e. The van der Waals surface area contributed by atoms with Gasteiger partial charge in [0.05, 0.1) is 24.4 Å². The number of aromatic nitrogens is 1. The number of hydrogen-bond acceptors (Lipinski definition) is 4. The van der Waals surface area contributed by atoms with Gasteiger partial charge in [-0.25, -0.2) is 8.78 Å². The molecule has 0 saturated carbocycles. The first-order chi connectivity index (χ1) is 7.95. The molecule has 0 amide bonds. The number of esters is 1. The van der Waals surface area contributed by atoms with Crippen molar-refractivity contribution in [2.75, 3.05) is 6.61 Å². The Morgan fingerprint density at radius 1 is 1.59 bits per heavy atom. The highest BCUT2D eigenvalue weighted by Gasteiger charge is 2.16. The van der Waals surface area contributed by atoms with Gasteiger partial charge in [0.1, 0.15) is 0 Å². The van der Waals surface area contributed by atoms with Gasteiger partial charge in [0.2, 0.25) is 5.43 Å². The third kappa shape index (κ3) is 3.27. The van der Waals surface area contributed by atoms with Crippen LogP contribution in [-0.4, -0.2) is 22.7 Å². The number of rotatable bonds is 4. The maximum Gasteiger partial charge on any atom is 0.311 e. The van der Waals surface area contributed by atoms with Crippen LogP contribution in [0.15, 0.2) is 10.9 Å². The summed E-state index contributed by atoms with van der Waals surface area (Å²) in [7, 11) is 0. The smallest absolute Gasteiger partial charge is 0.311 e. The first-order valence-corrected chi connectivity index (χ1v) is 4.84. The standard InChI is InChI=1S/C10H11F2NO4/c1-2-17-8(15)4-5-9(16)7(14)3-6(13-5)10(11)12/h3,10,16H,2,4H2,1H3,(H,13,14). The number of nitrogens with one attached hydrogen (secondary N) is 1. The predicted octanol–water partition coefficient (Wildman–Crippen LogP) is 1.12. The predicted molar refractivity (Wildman–Crippen MR) is 54.0 cm³/mol. The summed E-state index contributed by atoms with van der Waals surface area (Å²) in [6.07, 6.45) is -3.35. The molecule has 0 bridgehead atoms. The molecule has 0 atom stereocenters. The molecule has 17 heavy (non-hydrogen) atoms. The van der Waals surface area contributed by atoms with Gasteiger partial charge in [0, 0.05) is 6.07 Å². The molecule has 0 fully saturated rings. The fraction of sp³-hybridized carbons (Fsp3) is 0.400. The number of carbonyl (C=O) groups excluding carboxylic acids is 1. The number of aromatic hydroxyl groups is 1. The van der Waals surface area contributed by atoms with Crippen molar-refractivity contribution in [3.8, 4) is 5.75 Å². The molecule has 0 saturated heterocycles. The zero-order valence-corrected chi connectivity index (χ0v) is 9.00. The molecular formula is C10H11F2NO4. The molecule has 0 aliphatic rings. The summed E-state index contributed by atoms with van der Waals surface area (Å²) in [5.74, 6) is -1.47. The topological polar surface area (TPSA) is 79.4 Å². The average Bonchev–Trinajstić information content (AvgIpc) is 2.24. The molecule has 1 rings (SSSR count). The second-order valence-electron chi connectivity index (χ2n) is 3.20. The van der Waals surface area contributed by atoms with E-state index in [2.05, 4.69) is 9.72 Å². The first kappa shape index (κ1) is 13.1. The molecule has 0 aliphatic heterocycles. The molecule has 0 spiro atoms.